The van der Waals surface area contributed by atoms with Crippen LogP contribution in [0.1, 0.15) is 33.4 Å². The van der Waals surface area contributed by atoms with E-state index >= 15 is 0 Å². The van der Waals surface area contributed by atoms with Crippen molar-refractivity contribution < 1.29 is 0 Å². The molecule has 0 aliphatic heterocycles. The molecule has 0 heterocycles. The molecule has 2 nitrogen and oxygen atoms in total. The van der Waals surface area contributed by atoms with Crippen molar-refractivity contribution in [2.24, 2.45) is 0 Å². The van der Waals surface area contributed by atoms with Crippen LogP contribution in [0.2, 0.25) is 0 Å². The molecule has 0 unspecified atom stereocenters. The van der Waals surface area contributed by atoms with E-state index in [1.807, 2.05) is 0 Å². The number of anilines is 2. The van der Waals surface area contributed by atoms with Crippen molar-refractivity contribution in [1.29, 1.82) is 0 Å². The summed E-state index contributed by atoms with van der Waals surface area (Å²) in [4.78, 5) is 2.50. The van der Waals surface area contributed by atoms with Crippen molar-refractivity contribution in [2.75, 3.05) is 10.6 Å². The molecule has 2 heteroatoms. The van der Waals surface area contributed by atoms with Crippen LogP contribution < -0.4 is 10.6 Å². The highest BCUT2D eigenvalue weighted by Crippen LogP contribution is 2.34. The fourth-order valence-electron chi connectivity index (χ4n) is 4.58. The van der Waals surface area contributed by atoms with Gasteiger partial charge in [0.1, 0.15) is 0 Å². The van der Waals surface area contributed by atoms with Crippen LogP contribution in [0.4, 0.5) is 11.4 Å². The van der Waals surface area contributed by atoms with Gasteiger partial charge in [0, 0.05) is 24.5 Å². The maximum Gasteiger partial charge on any atom is 0.0433 e. The molecule has 0 aromatic heterocycles. The standard InChI is InChI=1S/C30H32N2/c1-21-15-27(16-22(2)29(21)31)28-17-23(3)30(24(4)18-28)32(19-25-11-7-5-8-12-25)20-26-13-9-6-10-14-26/h5-18H,19-20,31H2,1-4H3. The molecule has 0 saturated carbocycles. The maximum atomic E-state index is 6.19. The van der Waals surface area contributed by atoms with E-state index in [1.165, 1.54) is 39.1 Å². The van der Waals surface area contributed by atoms with Gasteiger partial charge in [-0.3, -0.25) is 0 Å². The van der Waals surface area contributed by atoms with Crippen LogP contribution in [0.3, 0.4) is 0 Å². The van der Waals surface area contributed by atoms with Gasteiger partial charge >= 0.3 is 0 Å². The van der Waals surface area contributed by atoms with Crippen LogP contribution in [0, 0.1) is 27.7 Å². The fraction of sp³-hybridized carbons (Fsp3) is 0.200. The summed E-state index contributed by atoms with van der Waals surface area (Å²) in [5.74, 6) is 0. The Bertz CT molecular complexity index is 1120. The minimum Gasteiger partial charge on any atom is -0.398 e. The Morgan fingerprint density at radius 1 is 0.562 bits per heavy atom. The molecular weight excluding hydrogens is 388 g/mol. The second-order valence-electron chi connectivity index (χ2n) is 8.81. The lowest BCUT2D eigenvalue weighted by molar-refractivity contribution is 0.793. The summed E-state index contributed by atoms with van der Waals surface area (Å²) < 4.78 is 0. The summed E-state index contributed by atoms with van der Waals surface area (Å²) in [6.45, 7) is 10.4. The Balaban J connectivity index is 1.75. The number of nitrogen functional groups attached to an aromatic ring is 1. The van der Waals surface area contributed by atoms with Crippen molar-refractivity contribution in [3.05, 3.63) is 118 Å². The first-order valence-electron chi connectivity index (χ1n) is 11.2. The lowest BCUT2D eigenvalue weighted by Gasteiger charge is -2.29. The van der Waals surface area contributed by atoms with Crippen LogP contribution in [-0.2, 0) is 13.1 Å². The first-order chi connectivity index (χ1) is 15.4. The van der Waals surface area contributed by atoms with E-state index in [0.717, 1.165) is 29.9 Å². The average Bonchev–Trinajstić information content (AvgIpc) is 2.78. The zero-order valence-electron chi connectivity index (χ0n) is 19.5. The highest BCUT2D eigenvalue weighted by atomic mass is 15.1. The maximum absolute atomic E-state index is 6.19. The first kappa shape index (κ1) is 21.7. The zero-order chi connectivity index (χ0) is 22.7. The third kappa shape index (κ3) is 4.70. The Hall–Kier alpha value is -3.52. The van der Waals surface area contributed by atoms with Crippen LogP contribution in [0.25, 0.3) is 11.1 Å². The number of hydrogen-bond donors (Lipinski definition) is 1. The van der Waals surface area contributed by atoms with Gasteiger partial charge in [0.25, 0.3) is 0 Å². The minimum atomic E-state index is 0.872. The SMILES string of the molecule is Cc1cc(-c2cc(C)c(N(Cc3ccccc3)Cc3ccccc3)c(C)c2)cc(C)c1N. The molecule has 0 spiro atoms. The smallest absolute Gasteiger partial charge is 0.0433 e. The van der Waals surface area contributed by atoms with Gasteiger partial charge in [-0.15, -0.1) is 0 Å². The van der Waals surface area contributed by atoms with Gasteiger partial charge in [0.15, 0.2) is 0 Å². The van der Waals surface area contributed by atoms with Gasteiger partial charge in [-0.25, -0.2) is 0 Å². The Labute approximate surface area is 192 Å². The molecule has 0 radical (unpaired) electrons. The van der Waals surface area contributed by atoms with E-state index in [4.69, 9.17) is 5.73 Å². The lowest BCUT2D eigenvalue weighted by atomic mass is 9.94. The summed E-state index contributed by atoms with van der Waals surface area (Å²) in [6, 6.07) is 30.5. The minimum absolute atomic E-state index is 0.872. The normalized spacial score (nSPS) is 10.9. The number of hydrogen-bond acceptors (Lipinski definition) is 2. The molecular formula is C30H32N2. The molecule has 162 valence electrons. The molecule has 0 saturated heterocycles. The lowest BCUT2D eigenvalue weighted by Crippen LogP contribution is -2.24. The van der Waals surface area contributed by atoms with Gasteiger partial charge in [0.05, 0.1) is 0 Å². The molecule has 0 aliphatic carbocycles. The van der Waals surface area contributed by atoms with E-state index in [0.29, 0.717) is 0 Å². The Morgan fingerprint density at radius 3 is 1.34 bits per heavy atom. The summed E-state index contributed by atoms with van der Waals surface area (Å²) >= 11 is 0. The molecule has 0 atom stereocenters. The zero-order valence-corrected chi connectivity index (χ0v) is 19.5. The number of nitrogens with two attached hydrogens (primary N) is 1. The van der Waals surface area contributed by atoms with Crippen LogP contribution in [-0.4, -0.2) is 0 Å². The van der Waals surface area contributed by atoms with Crippen LogP contribution >= 0.6 is 0 Å². The van der Waals surface area contributed by atoms with E-state index in [9.17, 15) is 0 Å². The topological polar surface area (TPSA) is 29.3 Å². The third-order valence-electron chi connectivity index (χ3n) is 6.17. The van der Waals surface area contributed by atoms with Crippen molar-refractivity contribution in [3.63, 3.8) is 0 Å². The molecule has 0 fully saturated rings. The molecule has 0 amide bonds. The van der Waals surface area contributed by atoms with Gasteiger partial charge in [-0.05, 0) is 96.5 Å². The van der Waals surface area contributed by atoms with Crippen LogP contribution in [0.15, 0.2) is 84.9 Å². The average molecular weight is 421 g/mol. The van der Waals surface area contributed by atoms with Crippen LogP contribution in [0.5, 0.6) is 0 Å². The molecule has 32 heavy (non-hydrogen) atoms. The summed E-state index contributed by atoms with van der Waals surface area (Å²) in [5.41, 5.74) is 18.3. The summed E-state index contributed by atoms with van der Waals surface area (Å²) in [7, 11) is 0. The van der Waals surface area contributed by atoms with E-state index in [1.54, 1.807) is 0 Å². The quantitative estimate of drug-likeness (QED) is 0.330. The van der Waals surface area contributed by atoms with Gasteiger partial charge < -0.3 is 10.6 Å². The van der Waals surface area contributed by atoms with Gasteiger partial charge in [-0.1, -0.05) is 60.7 Å². The number of rotatable bonds is 6. The third-order valence-corrected chi connectivity index (χ3v) is 6.17. The van der Waals surface area contributed by atoms with Crippen molar-refractivity contribution >= 4 is 11.4 Å². The molecule has 4 aromatic rings. The predicted octanol–water partition coefficient (Wildman–Crippen LogP) is 7.38. The molecule has 4 rings (SSSR count). The van der Waals surface area contributed by atoms with Gasteiger partial charge in [0.2, 0.25) is 0 Å². The largest absolute Gasteiger partial charge is 0.398 e. The monoisotopic (exact) mass is 420 g/mol. The van der Waals surface area contributed by atoms with Gasteiger partial charge in [-0.2, -0.15) is 0 Å². The molecule has 4 aromatic carbocycles. The molecule has 0 bridgehead atoms. The van der Waals surface area contributed by atoms with Crippen molar-refractivity contribution in [3.8, 4) is 11.1 Å². The second-order valence-corrected chi connectivity index (χ2v) is 8.81. The van der Waals surface area contributed by atoms with E-state index in [2.05, 4.69) is 118 Å². The molecule has 0 aliphatic rings. The number of aryl methyl sites for hydroxylation is 4. The number of nitrogens with zero attached hydrogens (tertiary/aromatic N) is 1. The first-order valence-corrected chi connectivity index (χ1v) is 11.2. The molecule has 2 N–H and O–H groups in total. The highest BCUT2D eigenvalue weighted by Gasteiger charge is 2.16. The second kappa shape index (κ2) is 9.32. The van der Waals surface area contributed by atoms with E-state index in [-0.39, 0.29) is 0 Å². The Kier molecular flexibility index (Phi) is 6.32. The predicted molar refractivity (Wildman–Crippen MR) is 138 cm³/mol. The van der Waals surface area contributed by atoms with Crippen molar-refractivity contribution in [2.45, 2.75) is 40.8 Å². The summed E-state index contributed by atoms with van der Waals surface area (Å²) in [6.07, 6.45) is 0. The van der Waals surface area contributed by atoms with E-state index < -0.39 is 0 Å². The fourth-order valence-corrected chi connectivity index (χ4v) is 4.58. The number of benzene rings is 4. The summed E-state index contributed by atoms with van der Waals surface area (Å²) in [5, 5.41) is 0. The van der Waals surface area contributed by atoms with Crippen molar-refractivity contribution in [1.82, 2.24) is 0 Å². The highest BCUT2D eigenvalue weighted by molar-refractivity contribution is 5.75. The Morgan fingerprint density at radius 2 is 0.938 bits per heavy atom.